The Kier molecular flexibility index (Phi) is 5.63. The minimum atomic E-state index is -4.48. The van der Waals surface area contributed by atoms with Gasteiger partial charge in [0.2, 0.25) is 5.91 Å². The van der Waals surface area contributed by atoms with Crippen molar-refractivity contribution in [2.75, 3.05) is 11.9 Å². The standard InChI is InChI=1S/C19H17F4NO5/c20-18(21)19(22,23)8-29-17(28)14-10-5-4-9(6-10)13(14)15(25)24-12-3-1-2-11(7-12)16(26)27/h1-5,7,9-10,13-14,18H,6,8H2,(H,24,25)(H,26,27)/p-1/t9-,10+,13-,14+/m1/s1. The highest BCUT2D eigenvalue weighted by Crippen LogP contribution is 2.49. The average molecular weight is 414 g/mol. The van der Waals surface area contributed by atoms with E-state index >= 15 is 0 Å². The van der Waals surface area contributed by atoms with Gasteiger partial charge in [-0.25, -0.2) is 8.78 Å². The van der Waals surface area contributed by atoms with Gasteiger partial charge in [0.25, 0.3) is 0 Å². The molecule has 0 aromatic heterocycles. The molecule has 2 bridgehead atoms. The molecule has 0 unspecified atom stereocenters. The van der Waals surface area contributed by atoms with Crippen molar-refractivity contribution in [2.45, 2.75) is 18.8 Å². The van der Waals surface area contributed by atoms with Crippen LogP contribution in [0, 0.1) is 23.7 Å². The molecule has 1 N–H and O–H groups in total. The summed E-state index contributed by atoms with van der Waals surface area (Å²) >= 11 is 0. The number of carboxylic acids is 1. The van der Waals surface area contributed by atoms with Crippen LogP contribution in [0.1, 0.15) is 16.8 Å². The third-order valence-corrected chi connectivity index (χ3v) is 5.13. The van der Waals surface area contributed by atoms with Gasteiger partial charge in [-0.05, 0) is 36.0 Å². The largest absolute Gasteiger partial charge is 0.545 e. The quantitative estimate of drug-likeness (QED) is 0.418. The maximum absolute atomic E-state index is 13.1. The van der Waals surface area contributed by atoms with Crippen LogP contribution >= 0.6 is 0 Å². The number of hydrogen-bond acceptors (Lipinski definition) is 5. The molecule has 0 saturated heterocycles. The van der Waals surface area contributed by atoms with Crippen molar-refractivity contribution >= 4 is 23.5 Å². The molecule has 0 spiro atoms. The minimum absolute atomic E-state index is 0.153. The van der Waals surface area contributed by atoms with Gasteiger partial charge in [0.15, 0.2) is 6.61 Å². The number of ether oxygens (including phenoxy) is 1. The second-order valence-electron chi connectivity index (χ2n) is 7.03. The number of carboxylic acid groups (broad SMARTS) is 1. The Morgan fingerprint density at radius 1 is 1.17 bits per heavy atom. The zero-order valence-corrected chi connectivity index (χ0v) is 14.8. The van der Waals surface area contributed by atoms with E-state index in [0.29, 0.717) is 6.42 Å². The fourth-order valence-corrected chi connectivity index (χ4v) is 3.78. The van der Waals surface area contributed by atoms with Crippen LogP contribution in [0.3, 0.4) is 0 Å². The molecule has 0 aliphatic heterocycles. The van der Waals surface area contributed by atoms with Crippen LogP contribution in [-0.4, -0.2) is 36.8 Å². The van der Waals surface area contributed by atoms with E-state index in [9.17, 15) is 37.1 Å². The van der Waals surface area contributed by atoms with Crippen LogP contribution in [0.4, 0.5) is 23.2 Å². The average Bonchev–Trinajstić information content (AvgIpc) is 3.27. The molecule has 4 atom stereocenters. The monoisotopic (exact) mass is 414 g/mol. The molecular weight excluding hydrogens is 398 g/mol. The number of aromatic carboxylic acids is 1. The number of fused-ring (bicyclic) bond motifs is 2. The zero-order valence-electron chi connectivity index (χ0n) is 14.8. The van der Waals surface area contributed by atoms with E-state index in [1.807, 2.05) is 0 Å². The molecule has 156 valence electrons. The molecular formula is C19H16F4NO5-. The lowest BCUT2D eigenvalue weighted by Gasteiger charge is -2.26. The molecule has 1 aromatic rings. The smallest absolute Gasteiger partial charge is 0.340 e. The molecule has 1 saturated carbocycles. The third-order valence-electron chi connectivity index (χ3n) is 5.13. The number of nitrogens with one attached hydrogen (secondary N) is 1. The van der Waals surface area contributed by atoms with Crippen molar-refractivity contribution in [3.63, 3.8) is 0 Å². The van der Waals surface area contributed by atoms with Gasteiger partial charge >= 0.3 is 18.3 Å². The topological polar surface area (TPSA) is 95.5 Å². The summed E-state index contributed by atoms with van der Waals surface area (Å²) in [6.45, 7) is -1.77. The van der Waals surface area contributed by atoms with Crippen LogP contribution in [0.25, 0.3) is 0 Å². The highest BCUT2D eigenvalue weighted by molar-refractivity contribution is 5.97. The molecule has 1 amide bonds. The fourth-order valence-electron chi connectivity index (χ4n) is 3.78. The lowest BCUT2D eigenvalue weighted by atomic mass is 9.82. The van der Waals surface area contributed by atoms with Crippen molar-refractivity contribution in [2.24, 2.45) is 23.7 Å². The highest BCUT2D eigenvalue weighted by Gasteiger charge is 2.53. The number of esters is 1. The van der Waals surface area contributed by atoms with E-state index in [1.54, 1.807) is 12.2 Å². The molecule has 2 aliphatic carbocycles. The van der Waals surface area contributed by atoms with Crippen molar-refractivity contribution in [1.82, 2.24) is 0 Å². The van der Waals surface area contributed by atoms with Crippen molar-refractivity contribution in [1.29, 1.82) is 0 Å². The predicted octanol–water partition coefficient (Wildman–Crippen LogP) is 1.87. The molecule has 2 aliphatic rings. The Morgan fingerprint density at radius 2 is 1.83 bits per heavy atom. The summed E-state index contributed by atoms with van der Waals surface area (Å²) in [5, 5.41) is 13.4. The first kappa shape index (κ1) is 20.8. The normalized spacial score (nSPS) is 25.3. The molecule has 29 heavy (non-hydrogen) atoms. The second kappa shape index (κ2) is 7.84. The number of amides is 1. The van der Waals surface area contributed by atoms with Crippen LogP contribution in [0.2, 0.25) is 0 Å². The van der Waals surface area contributed by atoms with Crippen LogP contribution in [-0.2, 0) is 14.3 Å². The fraction of sp³-hybridized carbons (Fsp3) is 0.421. The van der Waals surface area contributed by atoms with Gasteiger partial charge in [0.05, 0.1) is 17.8 Å². The molecule has 3 rings (SSSR count). The maximum atomic E-state index is 13.1. The summed E-state index contributed by atoms with van der Waals surface area (Å²) in [6, 6.07) is 5.27. The van der Waals surface area contributed by atoms with Crippen molar-refractivity contribution in [3.05, 3.63) is 42.0 Å². The first-order chi connectivity index (χ1) is 13.6. The Labute approximate surface area is 162 Å². The third kappa shape index (κ3) is 4.25. The SMILES string of the molecule is O=C([O-])c1cccc(NC(=O)[C@H]2[C@@H](C(=O)OCC(F)(F)C(F)F)[C@H]3C=C[C@@H]2C3)c1. The first-order valence-electron chi connectivity index (χ1n) is 8.73. The van der Waals surface area contributed by atoms with E-state index in [4.69, 9.17) is 0 Å². The number of benzene rings is 1. The van der Waals surface area contributed by atoms with Crippen molar-refractivity contribution in [3.8, 4) is 0 Å². The molecule has 0 heterocycles. The van der Waals surface area contributed by atoms with E-state index in [0.717, 1.165) is 0 Å². The summed E-state index contributed by atoms with van der Waals surface area (Å²) in [5.74, 6) is -10.5. The van der Waals surface area contributed by atoms with Gasteiger partial charge in [0.1, 0.15) is 0 Å². The van der Waals surface area contributed by atoms with Crippen LogP contribution in [0.15, 0.2) is 36.4 Å². The zero-order chi connectivity index (χ0) is 21.3. The van der Waals surface area contributed by atoms with Gasteiger partial charge in [-0.1, -0.05) is 24.3 Å². The lowest BCUT2D eigenvalue weighted by Crippen LogP contribution is -2.40. The maximum Gasteiger partial charge on any atom is 0.340 e. The van der Waals surface area contributed by atoms with E-state index < -0.39 is 54.6 Å². The molecule has 1 aromatic carbocycles. The van der Waals surface area contributed by atoms with Crippen LogP contribution in [0.5, 0.6) is 0 Å². The van der Waals surface area contributed by atoms with E-state index in [2.05, 4.69) is 10.1 Å². The van der Waals surface area contributed by atoms with Gasteiger partial charge in [-0.3, -0.25) is 9.59 Å². The number of carbonyl (C=O) groups excluding carboxylic acids is 3. The van der Waals surface area contributed by atoms with Gasteiger partial charge < -0.3 is 20.0 Å². The first-order valence-corrected chi connectivity index (χ1v) is 8.73. The van der Waals surface area contributed by atoms with Gasteiger partial charge in [-0.15, -0.1) is 0 Å². The van der Waals surface area contributed by atoms with Gasteiger partial charge in [-0.2, -0.15) is 8.78 Å². The van der Waals surface area contributed by atoms with Crippen molar-refractivity contribution < 1.29 is 41.8 Å². The summed E-state index contributed by atoms with van der Waals surface area (Å²) in [6.07, 6.45) is -0.167. The molecule has 0 radical (unpaired) electrons. The minimum Gasteiger partial charge on any atom is -0.545 e. The Hall–Kier alpha value is -2.91. The molecule has 6 nitrogen and oxygen atoms in total. The van der Waals surface area contributed by atoms with Crippen LogP contribution < -0.4 is 10.4 Å². The lowest BCUT2D eigenvalue weighted by molar-refractivity contribution is -0.255. The summed E-state index contributed by atoms with van der Waals surface area (Å²) in [7, 11) is 0. The van der Waals surface area contributed by atoms with E-state index in [-0.39, 0.29) is 17.2 Å². The number of alkyl halides is 4. The van der Waals surface area contributed by atoms with Gasteiger partial charge in [0, 0.05) is 5.69 Å². The number of allylic oxidation sites excluding steroid dienone is 2. The van der Waals surface area contributed by atoms with E-state index in [1.165, 1.54) is 24.3 Å². The molecule has 10 heteroatoms. The predicted molar refractivity (Wildman–Crippen MR) is 89.0 cm³/mol. The number of halogens is 4. The number of hydrogen-bond donors (Lipinski definition) is 1. The Morgan fingerprint density at radius 3 is 2.45 bits per heavy atom. The number of rotatable bonds is 7. The number of carbonyl (C=O) groups is 3. The summed E-state index contributed by atoms with van der Waals surface area (Å²) < 4.78 is 55.1. The number of anilines is 1. The summed E-state index contributed by atoms with van der Waals surface area (Å²) in [4.78, 5) is 36.0. The second-order valence-corrected chi connectivity index (χ2v) is 7.03. The molecule has 1 fully saturated rings. The highest BCUT2D eigenvalue weighted by atomic mass is 19.3. The Balaban J connectivity index is 1.72. The summed E-state index contributed by atoms with van der Waals surface area (Å²) in [5.41, 5.74) is -0.0133. The Bertz CT molecular complexity index is 857.